The summed E-state index contributed by atoms with van der Waals surface area (Å²) >= 11 is 5.24. The number of benzene rings is 1. The zero-order valence-electron chi connectivity index (χ0n) is 9.62. The number of nitrogens with zero attached hydrogens (tertiary/aromatic N) is 3. The van der Waals surface area contributed by atoms with E-state index in [4.69, 9.17) is 4.74 Å². The van der Waals surface area contributed by atoms with E-state index in [-0.39, 0.29) is 5.44 Å². The maximum absolute atomic E-state index is 5.56. The minimum atomic E-state index is 0.0567. The molecular formula is C12H12BrN3OS. The predicted octanol–water partition coefficient (Wildman–Crippen LogP) is 2.85. The molecule has 1 aliphatic rings. The van der Waals surface area contributed by atoms with Gasteiger partial charge in [-0.05, 0) is 17.7 Å². The summed E-state index contributed by atoms with van der Waals surface area (Å²) in [7, 11) is 0. The molecule has 0 N–H and O–H groups in total. The first kappa shape index (κ1) is 12.2. The number of halogens is 1. The highest BCUT2D eigenvalue weighted by atomic mass is 79.9. The fourth-order valence-electron chi connectivity index (χ4n) is 1.85. The normalized spacial score (nSPS) is 19.3. The Balaban J connectivity index is 1.73. The Bertz CT molecular complexity index is 540. The molecule has 1 fully saturated rings. The smallest absolute Gasteiger partial charge is 0.148 e. The van der Waals surface area contributed by atoms with E-state index in [1.807, 2.05) is 23.0 Å². The van der Waals surface area contributed by atoms with Gasteiger partial charge in [0.2, 0.25) is 0 Å². The van der Waals surface area contributed by atoms with Crippen LogP contribution in [0.1, 0.15) is 16.7 Å². The van der Waals surface area contributed by atoms with Crippen LogP contribution in [-0.2, 0) is 11.3 Å². The van der Waals surface area contributed by atoms with Gasteiger partial charge in [0.25, 0.3) is 0 Å². The third kappa shape index (κ3) is 2.76. The van der Waals surface area contributed by atoms with Gasteiger partial charge in [0.15, 0.2) is 0 Å². The van der Waals surface area contributed by atoms with Crippen molar-refractivity contribution >= 4 is 27.7 Å². The molecule has 18 heavy (non-hydrogen) atoms. The van der Waals surface area contributed by atoms with Crippen LogP contribution in [-0.4, -0.2) is 27.4 Å². The quantitative estimate of drug-likeness (QED) is 0.870. The maximum atomic E-state index is 5.56. The molecule has 1 aromatic carbocycles. The van der Waals surface area contributed by atoms with Crippen molar-refractivity contribution < 1.29 is 4.74 Å². The number of hydrogen-bond acceptors (Lipinski definition) is 4. The monoisotopic (exact) mass is 325 g/mol. The van der Waals surface area contributed by atoms with Crippen LogP contribution < -0.4 is 0 Å². The van der Waals surface area contributed by atoms with Gasteiger partial charge in [-0.2, -0.15) is 0 Å². The lowest BCUT2D eigenvalue weighted by Gasteiger charge is -2.03. The fraction of sp³-hybridized carbons (Fsp3) is 0.333. The molecule has 6 heteroatoms. The van der Waals surface area contributed by atoms with Gasteiger partial charge in [-0.3, -0.25) is 0 Å². The first-order chi connectivity index (χ1) is 8.81. The van der Waals surface area contributed by atoms with Gasteiger partial charge >= 0.3 is 0 Å². The topological polar surface area (TPSA) is 39.9 Å². The van der Waals surface area contributed by atoms with E-state index < -0.39 is 0 Å². The lowest BCUT2D eigenvalue weighted by molar-refractivity contribution is 0.142. The van der Waals surface area contributed by atoms with Crippen molar-refractivity contribution in [3.8, 4) is 0 Å². The molecule has 0 aliphatic carbocycles. The van der Waals surface area contributed by atoms with Crippen LogP contribution in [0.25, 0.3) is 0 Å². The van der Waals surface area contributed by atoms with E-state index in [9.17, 15) is 0 Å². The second kappa shape index (κ2) is 5.42. The Kier molecular flexibility index (Phi) is 3.67. The van der Waals surface area contributed by atoms with Gasteiger partial charge in [0.1, 0.15) is 11.1 Å². The molecule has 0 amide bonds. The standard InChI is InChI=1S/C12H12BrN3OS/c13-10-3-1-2-9(6-10)7-16-8-11(14-15-16)12-17-4-5-18-12/h1-3,6,8,12H,4-5,7H2/t12-/m0/s1. The number of aromatic nitrogens is 3. The summed E-state index contributed by atoms with van der Waals surface area (Å²) in [6, 6.07) is 8.20. The van der Waals surface area contributed by atoms with Crippen LogP contribution in [0.5, 0.6) is 0 Å². The summed E-state index contributed by atoms with van der Waals surface area (Å²) in [4.78, 5) is 0. The van der Waals surface area contributed by atoms with Crippen molar-refractivity contribution in [2.75, 3.05) is 12.4 Å². The molecule has 0 radical (unpaired) electrons. The molecule has 0 spiro atoms. The second-order valence-electron chi connectivity index (χ2n) is 4.04. The predicted molar refractivity (Wildman–Crippen MR) is 74.4 cm³/mol. The van der Waals surface area contributed by atoms with E-state index in [2.05, 4.69) is 38.4 Å². The first-order valence-electron chi connectivity index (χ1n) is 5.69. The van der Waals surface area contributed by atoms with Crippen molar-refractivity contribution in [1.29, 1.82) is 0 Å². The van der Waals surface area contributed by atoms with E-state index in [1.165, 1.54) is 5.56 Å². The second-order valence-corrected chi connectivity index (χ2v) is 6.13. The highest BCUT2D eigenvalue weighted by Gasteiger charge is 2.21. The molecule has 1 atom stereocenters. The SMILES string of the molecule is Brc1cccc(Cn2cc([C@H]3OCCS3)nn2)c1. The van der Waals surface area contributed by atoms with Crippen LogP contribution in [0, 0.1) is 0 Å². The Morgan fingerprint density at radius 1 is 1.50 bits per heavy atom. The summed E-state index contributed by atoms with van der Waals surface area (Å²) in [5.74, 6) is 1.03. The lowest BCUT2D eigenvalue weighted by atomic mass is 10.2. The van der Waals surface area contributed by atoms with Crippen molar-refractivity contribution in [3.05, 3.63) is 46.2 Å². The number of thioether (sulfide) groups is 1. The average Bonchev–Trinajstić information content (AvgIpc) is 2.98. The summed E-state index contributed by atoms with van der Waals surface area (Å²) in [6.07, 6.45) is 1.96. The van der Waals surface area contributed by atoms with E-state index in [0.29, 0.717) is 0 Å². The molecule has 94 valence electrons. The fourth-order valence-corrected chi connectivity index (χ4v) is 3.17. The van der Waals surface area contributed by atoms with E-state index >= 15 is 0 Å². The third-order valence-corrected chi connectivity index (χ3v) is 4.23. The lowest BCUT2D eigenvalue weighted by Crippen LogP contribution is -2.00. The first-order valence-corrected chi connectivity index (χ1v) is 7.53. The minimum absolute atomic E-state index is 0.0567. The highest BCUT2D eigenvalue weighted by molar-refractivity contribution is 9.10. The van der Waals surface area contributed by atoms with E-state index in [1.54, 1.807) is 11.8 Å². The van der Waals surface area contributed by atoms with Crippen LogP contribution in [0.4, 0.5) is 0 Å². The van der Waals surface area contributed by atoms with Crippen molar-refractivity contribution in [1.82, 2.24) is 15.0 Å². The molecule has 0 saturated carbocycles. The van der Waals surface area contributed by atoms with Crippen LogP contribution in [0.15, 0.2) is 34.9 Å². The Morgan fingerprint density at radius 2 is 2.44 bits per heavy atom. The zero-order chi connectivity index (χ0) is 12.4. The molecule has 3 rings (SSSR count). The van der Waals surface area contributed by atoms with Gasteiger partial charge < -0.3 is 4.74 Å². The molecule has 1 aliphatic heterocycles. The van der Waals surface area contributed by atoms with Gasteiger partial charge in [-0.15, -0.1) is 16.9 Å². The molecule has 2 aromatic rings. The molecule has 4 nitrogen and oxygen atoms in total. The van der Waals surface area contributed by atoms with Crippen molar-refractivity contribution in [2.24, 2.45) is 0 Å². The van der Waals surface area contributed by atoms with Crippen molar-refractivity contribution in [2.45, 2.75) is 12.0 Å². The number of rotatable bonds is 3. The largest absolute Gasteiger partial charge is 0.360 e. The van der Waals surface area contributed by atoms with E-state index in [0.717, 1.165) is 29.1 Å². The Labute approximate surface area is 118 Å². The molecular weight excluding hydrogens is 314 g/mol. The van der Waals surface area contributed by atoms with Crippen LogP contribution in [0.3, 0.4) is 0 Å². The average molecular weight is 326 g/mol. The Hall–Kier alpha value is -0.850. The number of hydrogen-bond donors (Lipinski definition) is 0. The van der Waals surface area contributed by atoms with Crippen LogP contribution >= 0.6 is 27.7 Å². The summed E-state index contributed by atoms with van der Waals surface area (Å²) in [5, 5.41) is 8.32. The van der Waals surface area contributed by atoms with Gasteiger partial charge in [0, 0.05) is 10.2 Å². The van der Waals surface area contributed by atoms with Gasteiger partial charge in [0.05, 0.1) is 19.3 Å². The molecule has 0 bridgehead atoms. The van der Waals surface area contributed by atoms with Gasteiger partial charge in [-0.25, -0.2) is 4.68 Å². The maximum Gasteiger partial charge on any atom is 0.148 e. The van der Waals surface area contributed by atoms with Crippen LogP contribution in [0.2, 0.25) is 0 Å². The molecule has 2 heterocycles. The molecule has 1 saturated heterocycles. The third-order valence-electron chi connectivity index (χ3n) is 2.65. The number of ether oxygens (including phenoxy) is 1. The highest BCUT2D eigenvalue weighted by Crippen LogP contribution is 2.33. The zero-order valence-corrected chi connectivity index (χ0v) is 12.0. The van der Waals surface area contributed by atoms with Crippen molar-refractivity contribution in [3.63, 3.8) is 0 Å². The minimum Gasteiger partial charge on any atom is -0.360 e. The Morgan fingerprint density at radius 3 is 3.22 bits per heavy atom. The summed E-state index contributed by atoms with van der Waals surface area (Å²) < 4.78 is 8.49. The molecule has 0 unspecified atom stereocenters. The van der Waals surface area contributed by atoms with Gasteiger partial charge in [-0.1, -0.05) is 33.3 Å². The molecule has 1 aromatic heterocycles. The summed E-state index contributed by atoms with van der Waals surface area (Å²) in [6.45, 7) is 1.53. The summed E-state index contributed by atoms with van der Waals surface area (Å²) in [5.41, 5.74) is 2.16.